The Kier molecular flexibility index (Phi) is 4.67. The molecule has 0 aliphatic carbocycles. The average Bonchev–Trinajstić information content (AvgIpc) is 3.36. The lowest BCUT2D eigenvalue weighted by Gasteiger charge is -2.17. The number of amides is 3. The standard InChI is InChI=1S/C20H19N5O3/c1-14-7-8-15(13-18(14)24-11-12-28-20(24)27)22-19(26)23-16-5-2-3-6-17(16)25-10-4-9-21-25/h2-10,13H,11-12H2,1H3,(H2,22,23,26). The topological polar surface area (TPSA) is 88.5 Å². The Morgan fingerprint density at radius 2 is 1.96 bits per heavy atom. The van der Waals surface area contributed by atoms with Crippen molar-refractivity contribution in [3.05, 3.63) is 66.5 Å². The number of aromatic nitrogens is 2. The Bertz CT molecular complexity index is 1020. The molecule has 0 unspecified atom stereocenters. The first-order valence-corrected chi connectivity index (χ1v) is 8.84. The Morgan fingerprint density at radius 1 is 1.11 bits per heavy atom. The quantitative estimate of drug-likeness (QED) is 0.724. The highest BCUT2D eigenvalue weighted by Gasteiger charge is 2.25. The van der Waals surface area contributed by atoms with Crippen LogP contribution >= 0.6 is 0 Å². The van der Waals surface area contributed by atoms with Gasteiger partial charge in [-0.25, -0.2) is 14.3 Å². The summed E-state index contributed by atoms with van der Waals surface area (Å²) in [7, 11) is 0. The van der Waals surface area contributed by atoms with Gasteiger partial charge in [0.1, 0.15) is 6.61 Å². The second kappa shape index (κ2) is 7.43. The van der Waals surface area contributed by atoms with E-state index in [0.29, 0.717) is 24.5 Å². The second-order valence-corrected chi connectivity index (χ2v) is 6.31. The number of rotatable bonds is 4. The van der Waals surface area contributed by atoms with E-state index < -0.39 is 6.03 Å². The van der Waals surface area contributed by atoms with Gasteiger partial charge in [0.2, 0.25) is 0 Å². The molecule has 2 N–H and O–H groups in total. The maximum Gasteiger partial charge on any atom is 0.414 e. The molecule has 2 aromatic carbocycles. The van der Waals surface area contributed by atoms with Crippen molar-refractivity contribution in [2.24, 2.45) is 0 Å². The predicted octanol–water partition coefficient (Wildman–Crippen LogP) is 3.78. The number of anilines is 3. The number of ether oxygens (including phenoxy) is 1. The van der Waals surface area contributed by atoms with Gasteiger partial charge in [-0.15, -0.1) is 0 Å². The highest BCUT2D eigenvalue weighted by atomic mass is 16.6. The fraction of sp³-hybridized carbons (Fsp3) is 0.150. The van der Waals surface area contributed by atoms with Crippen LogP contribution in [0.15, 0.2) is 60.9 Å². The third kappa shape index (κ3) is 3.52. The molecule has 0 radical (unpaired) electrons. The molecule has 3 aromatic rings. The van der Waals surface area contributed by atoms with Crippen LogP contribution in [-0.4, -0.2) is 35.1 Å². The fourth-order valence-electron chi connectivity index (χ4n) is 3.07. The molecular weight excluding hydrogens is 358 g/mol. The molecule has 1 aliphatic rings. The van der Waals surface area contributed by atoms with Gasteiger partial charge in [0.25, 0.3) is 0 Å². The number of carbonyl (C=O) groups excluding carboxylic acids is 2. The van der Waals surface area contributed by atoms with Crippen molar-refractivity contribution in [1.29, 1.82) is 0 Å². The van der Waals surface area contributed by atoms with Crippen LogP contribution in [0, 0.1) is 6.92 Å². The minimum atomic E-state index is -0.390. The van der Waals surface area contributed by atoms with E-state index in [0.717, 1.165) is 16.9 Å². The van der Waals surface area contributed by atoms with Gasteiger partial charge in [-0.2, -0.15) is 5.10 Å². The van der Waals surface area contributed by atoms with E-state index in [9.17, 15) is 9.59 Å². The lowest BCUT2D eigenvalue weighted by Crippen LogP contribution is -2.25. The molecule has 1 fully saturated rings. The number of aryl methyl sites for hydroxylation is 1. The average molecular weight is 377 g/mol. The summed E-state index contributed by atoms with van der Waals surface area (Å²) in [6, 6.07) is 14.2. The zero-order chi connectivity index (χ0) is 19.5. The summed E-state index contributed by atoms with van der Waals surface area (Å²) in [4.78, 5) is 25.9. The maximum atomic E-state index is 12.5. The van der Waals surface area contributed by atoms with Crippen LogP contribution in [0.25, 0.3) is 5.69 Å². The third-order valence-corrected chi connectivity index (χ3v) is 4.42. The van der Waals surface area contributed by atoms with Crippen molar-refractivity contribution in [1.82, 2.24) is 9.78 Å². The molecule has 8 heteroatoms. The predicted molar refractivity (Wildman–Crippen MR) is 106 cm³/mol. The van der Waals surface area contributed by atoms with Crippen LogP contribution in [0.1, 0.15) is 5.56 Å². The molecule has 142 valence electrons. The number of benzene rings is 2. The summed E-state index contributed by atoms with van der Waals surface area (Å²) >= 11 is 0. The number of urea groups is 1. The Labute approximate surface area is 161 Å². The Balaban J connectivity index is 1.52. The van der Waals surface area contributed by atoms with Crippen molar-refractivity contribution in [3.63, 3.8) is 0 Å². The Morgan fingerprint density at radius 3 is 2.71 bits per heavy atom. The highest BCUT2D eigenvalue weighted by Crippen LogP contribution is 2.27. The van der Waals surface area contributed by atoms with Crippen LogP contribution in [0.3, 0.4) is 0 Å². The molecule has 3 amide bonds. The molecule has 0 saturated carbocycles. The third-order valence-electron chi connectivity index (χ3n) is 4.42. The molecule has 28 heavy (non-hydrogen) atoms. The summed E-state index contributed by atoms with van der Waals surface area (Å²) in [5.41, 5.74) is 3.60. The first kappa shape index (κ1) is 17.6. The van der Waals surface area contributed by atoms with Gasteiger partial charge in [0.05, 0.1) is 23.6 Å². The SMILES string of the molecule is Cc1ccc(NC(=O)Nc2ccccc2-n2cccn2)cc1N1CCOC1=O. The van der Waals surface area contributed by atoms with E-state index in [1.54, 1.807) is 40.2 Å². The van der Waals surface area contributed by atoms with Crippen LogP contribution in [0.2, 0.25) is 0 Å². The summed E-state index contributed by atoms with van der Waals surface area (Å²) in [6.45, 7) is 2.76. The number of carbonyl (C=O) groups is 2. The van der Waals surface area contributed by atoms with Gasteiger partial charge in [-0.3, -0.25) is 4.90 Å². The van der Waals surface area contributed by atoms with Crippen molar-refractivity contribution in [3.8, 4) is 5.69 Å². The number of hydrogen-bond donors (Lipinski definition) is 2. The molecular formula is C20H19N5O3. The molecule has 8 nitrogen and oxygen atoms in total. The van der Waals surface area contributed by atoms with E-state index in [2.05, 4.69) is 15.7 Å². The zero-order valence-electron chi connectivity index (χ0n) is 15.3. The largest absolute Gasteiger partial charge is 0.447 e. The smallest absolute Gasteiger partial charge is 0.414 e. The van der Waals surface area contributed by atoms with Crippen molar-refractivity contribution < 1.29 is 14.3 Å². The number of para-hydroxylation sites is 2. The van der Waals surface area contributed by atoms with E-state index in [4.69, 9.17) is 4.74 Å². The van der Waals surface area contributed by atoms with Crippen LogP contribution in [0.5, 0.6) is 0 Å². The normalized spacial score (nSPS) is 13.3. The number of nitrogens with one attached hydrogen (secondary N) is 2. The van der Waals surface area contributed by atoms with Crippen LogP contribution in [0.4, 0.5) is 26.7 Å². The Hall–Kier alpha value is -3.81. The fourth-order valence-corrected chi connectivity index (χ4v) is 3.07. The lowest BCUT2D eigenvalue weighted by atomic mass is 10.1. The first-order chi connectivity index (χ1) is 13.6. The van der Waals surface area contributed by atoms with E-state index in [-0.39, 0.29) is 6.09 Å². The van der Waals surface area contributed by atoms with Gasteiger partial charge in [0.15, 0.2) is 0 Å². The first-order valence-electron chi connectivity index (χ1n) is 8.84. The zero-order valence-corrected chi connectivity index (χ0v) is 15.3. The summed E-state index contributed by atoms with van der Waals surface area (Å²) in [5, 5.41) is 9.86. The van der Waals surface area contributed by atoms with E-state index in [1.807, 2.05) is 37.3 Å². The molecule has 1 aromatic heterocycles. The lowest BCUT2D eigenvalue weighted by molar-refractivity contribution is 0.181. The summed E-state index contributed by atoms with van der Waals surface area (Å²) in [5.74, 6) is 0. The van der Waals surface area contributed by atoms with Crippen LogP contribution < -0.4 is 15.5 Å². The van der Waals surface area contributed by atoms with Gasteiger partial charge in [-0.1, -0.05) is 18.2 Å². The van der Waals surface area contributed by atoms with E-state index >= 15 is 0 Å². The van der Waals surface area contributed by atoms with Crippen molar-refractivity contribution >= 4 is 29.2 Å². The molecule has 0 spiro atoms. The van der Waals surface area contributed by atoms with Gasteiger partial charge < -0.3 is 15.4 Å². The van der Waals surface area contributed by atoms with Crippen molar-refractivity contribution in [2.75, 3.05) is 28.7 Å². The summed E-state index contributed by atoms with van der Waals surface area (Å²) in [6.07, 6.45) is 3.10. The number of hydrogen-bond acceptors (Lipinski definition) is 4. The molecule has 0 atom stereocenters. The summed E-state index contributed by atoms with van der Waals surface area (Å²) < 4.78 is 6.68. The number of cyclic esters (lactones) is 1. The van der Waals surface area contributed by atoms with E-state index in [1.165, 1.54) is 0 Å². The minimum Gasteiger partial charge on any atom is -0.447 e. The highest BCUT2D eigenvalue weighted by molar-refractivity contribution is 6.01. The van der Waals surface area contributed by atoms with Crippen molar-refractivity contribution in [2.45, 2.75) is 6.92 Å². The molecule has 1 aliphatic heterocycles. The second-order valence-electron chi connectivity index (χ2n) is 6.31. The maximum absolute atomic E-state index is 12.5. The molecule has 1 saturated heterocycles. The molecule has 4 rings (SSSR count). The molecule has 2 heterocycles. The molecule has 0 bridgehead atoms. The van der Waals surface area contributed by atoms with Gasteiger partial charge in [0, 0.05) is 18.1 Å². The van der Waals surface area contributed by atoms with Gasteiger partial charge >= 0.3 is 12.1 Å². The van der Waals surface area contributed by atoms with Crippen LogP contribution in [-0.2, 0) is 4.74 Å². The number of nitrogens with zero attached hydrogens (tertiary/aromatic N) is 3. The minimum absolute atomic E-state index is 0.362. The van der Waals surface area contributed by atoms with Gasteiger partial charge in [-0.05, 0) is 42.8 Å². The monoisotopic (exact) mass is 377 g/mol.